The van der Waals surface area contributed by atoms with Gasteiger partial charge < -0.3 is 0 Å². The minimum Gasteiger partial charge on any atom is -0.255 e. The van der Waals surface area contributed by atoms with Crippen LogP contribution in [-0.2, 0) is 0 Å². The second-order valence-corrected chi connectivity index (χ2v) is 6.82. The van der Waals surface area contributed by atoms with Crippen LogP contribution in [0.1, 0.15) is 25.5 Å². The van der Waals surface area contributed by atoms with Crippen molar-refractivity contribution in [1.82, 2.24) is 15.0 Å². The van der Waals surface area contributed by atoms with Crippen LogP contribution >= 0.6 is 38.9 Å². The van der Waals surface area contributed by atoms with Crippen LogP contribution in [0.25, 0.3) is 21.6 Å². The molecule has 3 heterocycles. The largest absolute Gasteiger partial charge is 0.255 e. The highest BCUT2D eigenvalue weighted by Gasteiger charge is 2.15. The fourth-order valence-electron chi connectivity index (χ4n) is 1.92. The quantitative estimate of drug-likeness (QED) is 0.577. The third kappa shape index (κ3) is 2.45. The van der Waals surface area contributed by atoms with Gasteiger partial charge in [0, 0.05) is 11.8 Å². The van der Waals surface area contributed by atoms with E-state index in [0.717, 1.165) is 25.9 Å². The van der Waals surface area contributed by atoms with Gasteiger partial charge in [0.05, 0.1) is 20.4 Å². The third-order valence-electron chi connectivity index (χ3n) is 2.94. The van der Waals surface area contributed by atoms with Gasteiger partial charge in [0.1, 0.15) is 5.15 Å². The molecule has 0 spiro atoms. The van der Waals surface area contributed by atoms with Crippen molar-refractivity contribution in [1.29, 1.82) is 0 Å². The normalized spacial score (nSPS) is 11.4. The Kier molecular flexibility index (Phi) is 3.75. The molecule has 0 aliphatic rings. The van der Waals surface area contributed by atoms with Crippen molar-refractivity contribution in [3.05, 3.63) is 39.0 Å². The van der Waals surface area contributed by atoms with Gasteiger partial charge in [-0.05, 0) is 39.4 Å². The zero-order valence-corrected chi connectivity index (χ0v) is 14.1. The van der Waals surface area contributed by atoms with Gasteiger partial charge in [0.25, 0.3) is 0 Å². The SMILES string of the molecule is CC(C)c1nc(-c2cnc3ccsc3c2)nc(Cl)c1Br. The molecule has 3 rings (SSSR count). The fraction of sp³-hybridized carbons (Fsp3) is 0.214. The Labute approximate surface area is 134 Å². The van der Waals surface area contributed by atoms with E-state index in [2.05, 4.69) is 50.8 Å². The van der Waals surface area contributed by atoms with Gasteiger partial charge in [0.2, 0.25) is 0 Å². The Balaban J connectivity index is 2.18. The molecule has 0 aliphatic heterocycles. The highest BCUT2D eigenvalue weighted by molar-refractivity contribution is 9.10. The Morgan fingerprint density at radius 2 is 2.10 bits per heavy atom. The summed E-state index contributed by atoms with van der Waals surface area (Å²) >= 11 is 11.3. The first-order valence-corrected chi connectivity index (χ1v) is 8.18. The van der Waals surface area contributed by atoms with Gasteiger partial charge in [-0.15, -0.1) is 11.3 Å². The third-order valence-corrected chi connectivity index (χ3v) is 5.08. The lowest BCUT2D eigenvalue weighted by molar-refractivity contribution is 0.809. The molecule has 0 saturated heterocycles. The average molecular weight is 369 g/mol. The number of hydrogen-bond acceptors (Lipinski definition) is 4. The summed E-state index contributed by atoms with van der Waals surface area (Å²) < 4.78 is 1.89. The van der Waals surface area contributed by atoms with Crippen LogP contribution in [-0.4, -0.2) is 15.0 Å². The Morgan fingerprint density at radius 3 is 2.85 bits per heavy atom. The molecule has 0 bridgehead atoms. The number of thiophene rings is 1. The fourth-order valence-corrected chi connectivity index (χ4v) is 3.51. The number of pyridine rings is 1. The van der Waals surface area contributed by atoms with E-state index in [0.29, 0.717) is 11.0 Å². The first-order chi connectivity index (χ1) is 9.56. The molecule has 0 N–H and O–H groups in total. The van der Waals surface area contributed by atoms with Crippen LogP contribution in [0.15, 0.2) is 28.2 Å². The van der Waals surface area contributed by atoms with Crippen molar-refractivity contribution in [2.75, 3.05) is 0 Å². The highest BCUT2D eigenvalue weighted by atomic mass is 79.9. The van der Waals surface area contributed by atoms with Crippen molar-refractivity contribution in [2.45, 2.75) is 19.8 Å². The van der Waals surface area contributed by atoms with Crippen molar-refractivity contribution >= 4 is 49.1 Å². The minimum atomic E-state index is 0.266. The zero-order chi connectivity index (χ0) is 14.3. The maximum atomic E-state index is 6.19. The molecule has 0 atom stereocenters. The second-order valence-electron chi connectivity index (χ2n) is 4.72. The van der Waals surface area contributed by atoms with E-state index in [-0.39, 0.29) is 5.92 Å². The predicted molar refractivity (Wildman–Crippen MR) is 87.4 cm³/mol. The maximum Gasteiger partial charge on any atom is 0.162 e. The van der Waals surface area contributed by atoms with Gasteiger partial charge >= 0.3 is 0 Å². The van der Waals surface area contributed by atoms with Crippen LogP contribution in [0, 0.1) is 0 Å². The molecule has 0 fully saturated rings. The molecule has 6 heteroatoms. The summed E-state index contributed by atoms with van der Waals surface area (Å²) in [5, 5.41) is 2.46. The zero-order valence-electron chi connectivity index (χ0n) is 10.9. The standard InChI is InChI=1S/C14H11BrClN3S/c1-7(2)12-11(15)13(16)19-14(18-12)8-5-10-9(17-6-8)3-4-20-10/h3-7H,1-2H3. The molecule has 3 aromatic rings. The minimum absolute atomic E-state index is 0.266. The van der Waals surface area contributed by atoms with Gasteiger partial charge in [-0.1, -0.05) is 25.4 Å². The van der Waals surface area contributed by atoms with E-state index >= 15 is 0 Å². The second kappa shape index (κ2) is 5.39. The molecule has 0 aliphatic carbocycles. The van der Waals surface area contributed by atoms with E-state index in [4.69, 9.17) is 11.6 Å². The summed E-state index contributed by atoms with van der Waals surface area (Å²) in [5.74, 6) is 0.881. The van der Waals surface area contributed by atoms with Crippen molar-refractivity contribution in [3.63, 3.8) is 0 Å². The van der Waals surface area contributed by atoms with E-state index in [1.165, 1.54) is 0 Å². The molecule has 3 aromatic heterocycles. The monoisotopic (exact) mass is 367 g/mol. The molecule has 3 nitrogen and oxygen atoms in total. The van der Waals surface area contributed by atoms with Crippen LogP contribution in [0.5, 0.6) is 0 Å². The highest BCUT2D eigenvalue weighted by Crippen LogP contribution is 2.32. The number of halogens is 2. The van der Waals surface area contributed by atoms with Crippen LogP contribution in [0.3, 0.4) is 0 Å². The van der Waals surface area contributed by atoms with Crippen molar-refractivity contribution in [2.24, 2.45) is 0 Å². The molecule has 0 radical (unpaired) electrons. The summed E-state index contributed by atoms with van der Waals surface area (Å²) in [7, 11) is 0. The summed E-state index contributed by atoms with van der Waals surface area (Å²) in [5.41, 5.74) is 2.79. The van der Waals surface area contributed by atoms with Crippen molar-refractivity contribution < 1.29 is 0 Å². The first-order valence-electron chi connectivity index (χ1n) is 6.13. The average Bonchev–Trinajstić information content (AvgIpc) is 2.88. The lowest BCUT2D eigenvalue weighted by Gasteiger charge is -2.10. The number of rotatable bonds is 2. The lowest BCUT2D eigenvalue weighted by atomic mass is 10.1. The van der Waals surface area contributed by atoms with Gasteiger partial charge in [-0.3, -0.25) is 4.98 Å². The number of nitrogens with zero attached hydrogens (tertiary/aromatic N) is 3. The summed E-state index contributed by atoms with van der Waals surface area (Å²) in [6.07, 6.45) is 1.79. The Morgan fingerprint density at radius 1 is 1.30 bits per heavy atom. The smallest absolute Gasteiger partial charge is 0.162 e. The van der Waals surface area contributed by atoms with E-state index in [1.54, 1.807) is 17.5 Å². The molecule has 0 aromatic carbocycles. The molecular weight excluding hydrogens is 358 g/mol. The van der Waals surface area contributed by atoms with Gasteiger partial charge in [0.15, 0.2) is 5.82 Å². The summed E-state index contributed by atoms with van der Waals surface area (Å²) in [6, 6.07) is 4.05. The van der Waals surface area contributed by atoms with Crippen LogP contribution in [0.2, 0.25) is 5.15 Å². The molecule has 0 unspecified atom stereocenters. The predicted octanol–water partition coefficient (Wildman–Crippen LogP) is 5.29. The molecule has 0 saturated carbocycles. The van der Waals surface area contributed by atoms with Crippen molar-refractivity contribution in [3.8, 4) is 11.4 Å². The molecular formula is C14H11BrClN3S. The summed E-state index contributed by atoms with van der Waals surface area (Å²) in [6.45, 7) is 4.15. The lowest BCUT2D eigenvalue weighted by Crippen LogP contribution is -2.00. The van der Waals surface area contributed by atoms with Gasteiger partial charge in [-0.25, -0.2) is 9.97 Å². The molecule has 0 amide bonds. The molecule has 20 heavy (non-hydrogen) atoms. The van der Waals surface area contributed by atoms with Gasteiger partial charge in [-0.2, -0.15) is 0 Å². The number of hydrogen-bond donors (Lipinski definition) is 0. The number of aromatic nitrogens is 3. The maximum absolute atomic E-state index is 6.19. The van der Waals surface area contributed by atoms with E-state index < -0.39 is 0 Å². The Hall–Kier alpha value is -1.04. The first kappa shape index (κ1) is 13.9. The van der Waals surface area contributed by atoms with Crippen LogP contribution < -0.4 is 0 Å². The van der Waals surface area contributed by atoms with E-state index in [9.17, 15) is 0 Å². The van der Waals surface area contributed by atoms with Crippen LogP contribution in [0.4, 0.5) is 0 Å². The molecule has 102 valence electrons. The summed E-state index contributed by atoms with van der Waals surface area (Å²) in [4.78, 5) is 13.4. The topological polar surface area (TPSA) is 38.7 Å². The number of fused-ring (bicyclic) bond motifs is 1. The van der Waals surface area contributed by atoms with E-state index in [1.807, 2.05) is 11.4 Å². The Bertz CT molecular complexity index is 785.